The summed E-state index contributed by atoms with van der Waals surface area (Å²) in [7, 11) is -1.84. The van der Waals surface area contributed by atoms with Crippen LogP contribution in [0, 0.1) is 17.8 Å². The highest BCUT2D eigenvalue weighted by molar-refractivity contribution is 6.58. The first-order valence-corrected chi connectivity index (χ1v) is 13.4. The van der Waals surface area contributed by atoms with Crippen LogP contribution in [0.3, 0.4) is 0 Å². The quantitative estimate of drug-likeness (QED) is 0.213. The van der Waals surface area contributed by atoms with Gasteiger partial charge < -0.3 is 19.9 Å². The number of benzene rings is 2. The van der Waals surface area contributed by atoms with Crippen molar-refractivity contribution in [1.82, 2.24) is 0 Å². The predicted octanol–water partition coefficient (Wildman–Crippen LogP) is 2.60. The van der Waals surface area contributed by atoms with Gasteiger partial charge in [0.05, 0.1) is 17.5 Å². The van der Waals surface area contributed by atoms with Crippen LogP contribution >= 0.6 is 0 Å². The fraction of sp³-hybridized carbons (Fsp3) is 0.267. The molecule has 1 fully saturated rings. The second kappa shape index (κ2) is 10.1. The number of nitrogens with zero attached hydrogens (tertiary/aromatic N) is 1. The Hall–Kier alpha value is -4.49. The fourth-order valence-electron chi connectivity index (χ4n) is 6.76. The van der Waals surface area contributed by atoms with E-state index < -0.39 is 72.0 Å². The molecule has 2 amide bonds. The maximum atomic E-state index is 13.9. The molecule has 1 aliphatic heterocycles. The number of phenolic OH excluding ortho intramolecular Hbond substituents is 1. The summed E-state index contributed by atoms with van der Waals surface area (Å²) in [5.74, 6) is -7.06. The molecule has 0 aromatic heterocycles. The number of alkyl halides is 3. The summed E-state index contributed by atoms with van der Waals surface area (Å²) in [6.07, 6.45) is -2.24. The first-order chi connectivity index (χ1) is 20.3. The molecule has 1 heterocycles. The molecule has 0 spiro atoms. The third kappa shape index (κ3) is 4.68. The summed E-state index contributed by atoms with van der Waals surface area (Å²) in [6, 6.07) is 8.52. The topological polar surface area (TPSA) is 141 Å². The molecule has 3 aliphatic carbocycles. The lowest BCUT2D eigenvalue weighted by atomic mass is 9.59. The summed E-state index contributed by atoms with van der Waals surface area (Å²) in [6.45, 7) is 1.44. The van der Waals surface area contributed by atoms with Crippen molar-refractivity contribution < 1.29 is 52.2 Å². The molecular formula is C30H23BF3NO8. The number of ketones is 2. The Morgan fingerprint density at radius 2 is 1.74 bits per heavy atom. The van der Waals surface area contributed by atoms with Crippen LogP contribution in [0.4, 0.5) is 18.9 Å². The molecule has 1 saturated heterocycles. The first-order valence-electron chi connectivity index (χ1n) is 13.4. The van der Waals surface area contributed by atoms with E-state index in [1.54, 1.807) is 6.08 Å². The van der Waals surface area contributed by atoms with Gasteiger partial charge in [0.2, 0.25) is 11.8 Å². The number of hydrogen-bond donors (Lipinski definition) is 3. The van der Waals surface area contributed by atoms with E-state index in [0.29, 0.717) is 5.57 Å². The van der Waals surface area contributed by atoms with E-state index in [0.717, 1.165) is 29.2 Å². The van der Waals surface area contributed by atoms with Crippen molar-refractivity contribution in [3.63, 3.8) is 0 Å². The number of fused-ring (bicyclic) bond motifs is 3. The number of aromatic hydroxyl groups is 1. The SMILES string of the molecule is CC1=CC(=O)C2=C(C1=O)[C@@H](c1cc(OC(F)(F)F)ccc1O)C1=CC[C@@H]3C(=O)N(c4cccc(B(O)O)c4)C(=O)[C@@H]3[C@@H]1C2. The average Bonchev–Trinajstić information content (AvgIpc) is 3.20. The molecule has 2 aromatic carbocycles. The molecule has 0 unspecified atom stereocenters. The number of carbonyl (C=O) groups excluding carboxylic acids is 4. The lowest BCUT2D eigenvalue weighted by molar-refractivity contribution is -0.274. The summed E-state index contributed by atoms with van der Waals surface area (Å²) < 4.78 is 43.3. The van der Waals surface area contributed by atoms with Crippen molar-refractivity contribution in [1.29, 1.82) is 0 Å². The normalized spacial score (nSPS) is 25.2. The molecule has 9 nitrogen and oxygen atoms in total. The lowest BCUT2D eigenvalue weighted by Gasteiger charge is -2.42. The highest BCUT2D eigenvalue weighted by Gasteiger charge is 2.57. The zero-order chi connectivity index (χ0) is 31.0. The Morgan fingerprint density at radius 3 is 2.44 bits per heavy atom. The van der Waals surface area contributed by atoms with Gasteiger partial charge in [-0.25, -0.2) is 0 Å². The van der Waals surface area contributed by atoms with Crippen LogP contribution in [-0.4, -0.2) is 52.0 Å². The summed E-state index contributed by atoms with van der Waals surface area (Å²) in [5.41, 5.74) is 0.686. The predicted molar refractivity (Wildman–Crippen MR) is 145 cm³/mol. The number of rotatable bonds is 4. The third-order valence-electron chi connectivity index (χ3n) is 8.53. The standard InChI is InChI=1S/C30H23BF3NO8/c1-13-9-23(37)21-12-19-17(24(26(21)27(13)38)20-11-16(5-8-22(20)36)43-30(32,33)34)6-7-18-25(19)29(40)35(28(18)39)15-4-2-3-14(10-15)31(41)42/h2-6,8-11,18-19,24-25,36,41-42H,7,12H2,1H3/t18-,19+,24+,25-/m0/s1. The fourth-order valence-corrected chi connectivity index (χ4v) is 6.76. The summed E-state index contributed by atoms with van der Waals surface area (Å²) in [5, 5.41) is 30.1. The van der Waals surface area contributed by atoms with Gasteiger partial charge in [0.25, 0.3) is 0 Å². The van der Waals surface area contributed by atoms with Gasteiger partial charge in [-0.2, -0.15) is 0 Å². The highest BCUT2D eigenvalue weighted by atomic mass is 19.4. The van der Waals surface area contributed by atoms with E-state index >= 15 is 0 Å². The number of Topliss-reactive ketones (excluding diaryl/α,β-unsaturated/α-hetero) is 1. The minimum absolute atomic E-state index is 0.00340. The number of carbonyl (C=O) groups is 4. The molecule has 4 atom stereocenters. The van der Waals surface area contributed by atoms with Crippen LogP contribution in [0.25, 0.3) is 0 Å². The molecule has 2 aromatic rings. The lowest BCUT2D eigenvalue weighted by Crippen LogP contribution is -2.40. The third-order valence-corrected chi connectivity index (χ3v) is 8.53. The van der Waals surface area contributed by atoms with E-state index in [-0.39, 0.29) is 46.3 Å². The van der Waals surface area contributed by atoms with Gasteiger partial charge >= 0.3 is 13.5 Å². The maximum absolute atomic E-state index is 13.9. The monoisotopic (exact) mass is 593 g/mol. The number of ether oxygens (including phenoxy) is 1. The van der Waals surface area contributed by atoms with Gasteiger partial charge in [-0.1, -0.05) is 23.8 Å². The summed E-state index contributed by atoms with van der Waals surface area (Å²) in [4.78, 5) is 55.2. The Kier molecular flexibility index (Phi) is 6.70. The van der Waals surface area contributed by atoms with Crippen molar-refractivity contribution in [2.45, 2.75) is 32.0 Å². The van der Waals surface area contributed by atoms with Crippen molar-refractivity contribution in [2.24, 2.45) is 17.8 Å². The number of hydrogen-bond acceptors (Lipinski definition) is 8. The minimum Gasteiger partial charge on any atom is -0.508 e. The molecule has 6 rings (SSSR count). The van der Waals surface area contributed by atoms with Crippen LogP contribution in [-0.2, 0) is 19.2 Å². The van der Waals surface area contributed by atoms with E-state index in [1.165, 1.54) is 31.2 Å². The number of halogens is 3. The highest BCUT2D eigenvalue weighted by Crippen LogP contribution is 2.56. The van der Waals surface area contributed by atoms with Crippen molar-refractivity contribution in [3.05, 3.63) is 82.5 Å². The largest absolute Gasteiger partial charge is 0.573 e. The number of imide groups is 1. The molecule has 13 heteroatoms. The first kappa shape index (κ1) is 28.6. The van der Waals surface area contributed by atoms with Crippen LogP contribution < -0.4 is 15.1 Å². The zero-order valence-corrected chi connectivity index (χ0v) is 22.5. The van der Waals surface area contributed by atoms with Gasteiger partial charge in [-0.05, 0) is 67.6 Å². The van der Waals surface area contributed by atoms with Gasteiger partial charge in [0.1, 0.15) is 11.5 Å². The van der Waals surface area contributed by atoms with E-state index in [4.69, 9.17) is 0 Å². The Labute approximate surface area is 242 Å². The van der Waals surface area contributed by atoms with Crippen molar-refractivity contribution in [2.75, 3.05) is 4.90 Å². The molecular weight excluding hydrogens is 570 g/mol. The Morgan fingerprint density at radius 1 is 1.00 bits per heavy atom. The summed E-state index contributed by atoms with van der Waals surface area (Å²) >= 11 is 0. The molecule has 0 saturated carbocycles. The van der Waals surface area contributed by atoms with Gasteiger partial charge in [0.15, 0.2) is 11.6 Å². The molecule has 0 bridgehead atoms. The number of phenols is 1. The average molecular weight is 593 g/mol. The molecule has 0 radical (unpaired) electrons. The number of amides is 2. The Balaban J connectivity index is 1.48. The number of allylic oxidation sites excluding steroid dienone is 6. The Bertz CT molecular complexity index is 1710. The molecule has 43 heavy (non-hydrogen) atoms. The van der Waals surface area contributed by atoms with Crippen molar-refractivity contribution >= 4 is 41.6 Å². The molecule has 220 valence electrons. The van der Waals surface area contributed by atoms with E-state index in [2.05, 4.69) is 4.74 Å². The van der Waals surface area contributed by atoms with E-state index in [1.807, 2.05) is 0 Å². The van der Waals surface area contributed by atoms with Crippen molar-refractivity contribution in [3.8, 4) is 11.5 Å². The van der Waals surface area contributed by atoms with Gasteiger partial charge in [0, 0.05) is 28.2 Å². The second-order valence-corrected chi connectivity index (χ2v) is 11.0. The van der Waals surface area contributed by atoms with Crippen LogP contribution in [0.5, 0.6) is 11.5 Å². The number of anilines is 1. The van der Waals surface area contributed by atoms with Gasteiger partial charge in [-0.15, -0.1) is 13.2 Å². The van der Waals surface area contributed by atoms with E-state index in [9.17, 15) is 47.5 Å². The molecule has 4 aliphatic rings. The smallest absolute Gasteiger partial charge is 0.508 e. The molecule has 3 N–H and O–H groups in total. The van der Waals surface area contributed by atoms with Crippen LogP contribution in [0.15, 0.2) is 76.9 Å². The van der Waals surface area contributed by atoms with Crippen LogP contribution in [0.1, 0.15) is 31.2 Å². The zero-order valence-electron chi connectivity index (χ0n) is 22.5. The maximum Gasteiger partial charge on any atom is 0.573 e. The van der Waals surface area contributed by atoms with Gasteiger partial charge in [-0.3, -0.25) is 24.1 Å². The second-order valence-electron chi connectivity index (χ2n) is 11.0. The van der Waals surface area contributed by atoms with Crippen LogP contribution in [0.2, 0.25) is 0 Å². The minimum atomic E-state index is -5.04.